The Morgan fingerprint density at radius 1 is 0.386 bits per heavy atom. The zero-order valence-corrected chi connectivity index (χ0v) is 49.7. The maximum absolute atomic E-state index is 4.34. The number of rotatable bonds is 10. The van der Waals surface area contributed by atoms with Gasteiger partial charge in [-0.25, -0.2) is 0 Å². The molecule has 2 unspecified atom stereocenters. The van der Waals surface area contributed by atoms with Crippen LogP contribution in [0.5, 0.6) is 0 Å². The average molecular weight is 1060 g/mol. The molecular weight excluding hydrogens is 983 g/mol. The third kappa shape index (κ3) is 10.3. The number of aryl methyl sites for hydroxylation is 8. The molecule has 0 radical (unpaired) electrons. The van der Waals surface area contributed by atoms with E-state index in [9.17, 15) is 0 Å². The molecule has 0 aromatic heterocycles. The van der Waals surface area contributed by atoms with Crippen molar-refractivity contribution in [2.24, 2.45) is 11.8 Å². The first-order valence-corrected chi connectivity index (χ1v) is 40.3. The van der Waals surface area contributed by atoms with Gasteiger partial charge in [0.2, 0.25) is 0 Å². The normalized spacial score (nSPS) is 18.4. The summed E-state index contributed by atoms with van der Waals surface area (Å²) in [5, 5.41) is 0. The second kappa shape index (κ2) is 20.8. The molecule has 0 spiro atoms. The number of allylic oxidation sites excluding steroid dienone is 2. The van der Waals surface area contributed by atoms with Crippen molar-refractivity contribution in [3.05, 3.63) is 175 Å². The van der Waals surface area contributed by atoms with Crippen molar-refractivity contribution in [1.82, 2.24) is 0 Å². The summed E-state index contributed by atoms with van der Waals surface area (Å²) in [5.74, 6) is 1.51. The van der Waals surface area contributed by atoms with E-state index in [2.05, 4.69) is 181 Å². The second-order valence-corrected chi connectivity index (χ2v) is 54.6. The summed E-state index contributed by atoms with van der Waals surface area (Å²) in [7, 11) is 0. The van der Waals surface area contributed by atoms with Crippen molar-refractivity contribution in [3.8, 4) is 44.5 Å². The second-order valence-electron chi connectivity index (χ2n) is 24.1. The van der Waals surface area contributed by atoms with Crippen LogP contribution in [-0.2, 0) is 17.4 Å². The number of benzene rings is 6. The van der Waals surface area contributed by atoms with Gasteiger partial charge in [0, 0.05) is 0 Å². The standard InChI is InChI=1S/2C32H35.2CH3.2ClH.H2Si.Zr/c2*1-21-12-22(2)15-27(14-21)29-10-11-30(28-16-23(3)13-24(4)17-28)32-20-26(19-31(29)32)18-25-8-6-5-7-9-25;;;;;;/h2*10-17,19-20,25H,5-9,18H2,1-4H3;2*1H3;2*1H;1H2;. The first-order chi connectivity index (χ1) is 32.5. The van der Waals surface area contributed by atoms with Crippen LogP contribution in [0.25, 0.3) is 56.7 Å². The van der Waals surface area contributed by atoms with Crippen molar-refractivity contribution in [2.75, 3.05) is 0 Å². The quantitative estimate of drug-likeness (QED) is 0.120. The summed E-state index contributed by atoms with van der Waals surface area (Å²) in [6.45, 7) is 21.0. The molecule has 4 aliphatic rings. The molecule has 70 heavy (non-hydrogen) atoms. The number of fused-ring (bicyclic) bond motifs is 2. The average Bonchev–Trinajstić information content (AvgIpc) is 3.85. The molecular formula is C66H80Cl2SiZr. The summed E-state index contributed by atoms with van der Waals surface area (Å²) in [4.78, 5) is 0. The van der Waals surface area contributed by atoms with E-state index >= 15 is 0 Å². The van der Waals surface area contributed by atoms with Crippen molar-refractivity contribution in [3.63, 3.8) is 0 Å². The van der Waals surface area contributed by atoms with Crippen molar-refractivity contribution in [2.45, 2.75) is 149 Å². The van der Waals surface area contributed by atoms with Gasteiger partial charge in [0.05, 0.1) is 0 Å². The van der Waals surface area contributed by atoms with Gasteiger partial charge in [-0.2, -0.15) is 0 Å². The Hall–Kier alpha value is -3.52. The Morgan fingerprint density at radius 2 is 0.643 bits per heavy atom. The molecule has 0 nitrogen and oxygen atoms in total. The topological polar surface area (TPSA) is 0 Å². The van der Waals surface area contributed by atoms with E-state index in [0.29, 0.717) is 7.25 Å². The molecule has 10 rings (SSSR count). The van der Waals surface area contributed by atoms with Gasteiger partial charge in [-0.3, -0.25) is 0 Å². The molecule has 4 heteroatoms. The molecule has 6 aromatic carbocycles. The van der Waals surface area contributed by atoms with Crippen molar-refractivity contribution in [1.29, 1.82) is 0 Å². The maximum atomic E-state index is 2.96. The van der Waals surface area contributed by atoms with Crippen LogP contribution in [0.1, 0.15) is 151 Å². The first kappa shape index (κ1) is 52.8. The molecule has 366 valence electrons. The minimum absolute atomic E-state index is 0. The Balaban J connectivity index is 0.00000329. The molecule has 4 aliphatic carbocycles. The minimum atomic E-state index is -4.34. The monoisotopic (exact) mass is 1060 g/mol. The van der Waals surface area contributed by atoms with Crippen LogP contribution in [0.4, 0.5) is 0 Å². The zero-order chi connectivity index (χ0) is 47.7. The molecule has 2 atom stereocenters. The van der Waals surface area contributed by atoms with E-state index in [1.807, 2.05) is 0 Å². The van der Waals surface area contributed by atoms with Crippen LogP contribution in [0.3, 0.4) is 0 Å². The molecule has 0 heterocycles. The van der Waals surface area contributed by atoms with E-state index in [1.165, 1.54) is 177 Å². The summed E-state index contributed by atoms with van der Waals surface area (Å²) in [5.41, 5.74) is 32.1. The summed E-state index contributed by atoms with van der Waals surface area (Å²) >= 11 is -4.34. The van der Waals surface area contributed by atoms with Gasteiger partial charge in [0.25, 0.3) is 0 Å². The molecule has 0 saturated heterocycles. The smallest absolute Gasteiger partial charge is 0.147 e. The number of hydrogen-bond acceptors (Lipinski definition) is 0. The van der Waals surface area contributed by atoms with E-state index in [1.54, 1.807) is 22.3 Å². The Kier molecular flexibility index (Phi) is 15.7. The SMILES string of the molecule is Cc1cc(C)cc(-c2ccc(-c3cc(C)cc(C)c3)c3c2C=C(CC2CCCCC2)[CH]3[Zr]([CH3])([CH3])(=[SiH2])[CH]2C(CC3CCCCC3)=Cc3c(-c4cc(C)cc(C)c4)ccc(-c4cc(C)cc(C)c4)c32)c1.Cl.Cl. The zero-order valence-electron chi connectivity index (χ0n) is 44.2. The van der Waals surface area contributed by atoms with Crippen LogP contribution in [0.2, 0.25) is 9.26 Å². The third-order valence-corrected chi connectivity index (χ3v) is 34.5. The summed E-state index contributed by atoms with van der Waals surface area (Å²) in [6, 6.07) is 39.4. The van der Waals surface area contributed by atoms with E-state index in [-0.39, 0.29) is 24.8 Å². The van der Waals surface area contributed by atoms with Gasteiger partial charge >= 0.3 is 417 Å². The fraction of sp³-hybridized carbons (Fsp3) is 0.394. The van der Waals surface area contributed by atoms with E-state index in [0.717, 1.165) is 11.8 Å². The maximum Gasteiger partial charge on any atom is -0.147 e. The van der Waals surface area contributed by atoms with E-state index in [4.69, 9.17) is 0 Å². The Morgan fingerprint density at radius 3 is 0.929 bits per heavy atom. The van der Waals surface area contributed by atoms with Crippen molar-refractivity contribution >= 4 is 43.8 Å². The number of halogens is 2. The summed E-state index contributed by atoms with van der Waals surface area (Å²) < 4.78 is 6.76. The molecule has 0 amide bonds. The minimum Gasteiger partial charge on any atom is -0.147 e. The largest absolute Gasteiger partial charge is 0.147 e. The van der Waals surface area contributed by atoms with Gasteiger partial charge in [0.15, 0.2) is 0 Å². The van der Waals surface area contributed by atoms with Gasteiger partial charge in [-0.05, 0) is 0 Å². The fourth-order valence-corrected chi connectivity index (χ4v) is 34.3. The fourth-order valence-electron chi connectivity index (χ4n) is 14.8. The molecule has 2 saturated carbocycles. The first-order valence-electron chi connectivity index (χ1n) is 26.6. The molecule has 6 aromatic rings. The van der Waals surface area contributed by atoms with Gasteiger partial charge in [-0.15, -0.1) is 24.8 Å². The van der Waals surface area contributed by atoms with Crippen LogP contribution < -0.4 is 0 Å². The number of hydrogen-bond donors (Lipinski definition) is 0. The predicted octanol–water partition coefficient (Wildman–Crippen LogP) is 19.5. The third-order valence-electron chi connectivity index (χ3n) is 17.1. The summed E-state index contributed by atoms with van der Waals surface area (Å²) in [6.07, 6.45) is 21.9. The van der Waals surface area contributed by atoms with Crippen LogP contribution in [0, 0.1) is 67.2 Å². The van der Waals surface area contributed by atoms with Crippen molar-refractivity contribution < 1.29 is 17.4 Å². The Labute approximate surface area is 438 Å². The Bertz CT molecular complexity index is 2820. The molecule has 0 N–H and O–H groups in total. The van der Waals surface area contributed by atoms with Crippen LogP contribution >= 0.6 is 24.8 Å². The van der Waals surface area contributed by atoms with E-state index < -0.39 is 17.4 Å². The van der Waals surface area contributed by atoms with Gasteiger partial charge in [-0.1, -0.05) is 0 Å². The molecule has 0 bridgehead atoms. The molecule has 0 aliphatic heterocycles. The van der Waals surface area contributed by atoms with Gasteiger partial charge in [0.1, 0.15) is 0 Å². The van der Waals surface area contributed by atoms with Gasteiger partial charge < -0.3 is 0 Å². The van der Waals surface area contributed by atoms with Crippen LogP contribution in [-0.4, -0.2) is 6.88 Å². The predicted molar refractivity (Wildman–Crippen MR) is 311 cm³/mol. The van der Waals surface area contributed by atoms with Crippen LogP contribution in [0.15, 0.2) is 108 Å². The molecule has 2 fully saturated rings.